The second-order valence-corrected chi connectivity index (χ2v) is 8.21. The van der Waals surface area contributed by atoms with E-state index in [0.29, 0.717) is 6.42 Å². The van der Waals surface area contributed by atoms with Crippen molar-refractivity contribution in [1.82, 2.24) is 4.98 Å². The number of benzene rings is 1. The number of aliphatic hydroxyl groups is 1. The summed E-state index contributed by atoms with van der Waals surface area (Å²) in [6.45, 7) is 4.02. The van der Waals surface area contributed by atoms with E-state index < -0.39 is 0 Å². The van der Waals surface area contributed by atoms with E-state index in [1.165, 1.54) is 0 Å². The topological polar surface area (TPSA) is 50.2 Å². The SMILES string of the molecule is CC1=C2CCC[C@H](O)[C@@]2(C)C/C(=C/c2ccc(C#Cc3ccncc3)cc2)C1=O. The van der Waals surface area contributed by atoms with Gasteiger partial charge >= 0.3 is 0 Å². The molecule has 2 atom stereocenters. The summed E-state index contributed by atoms with van der Waals surface area (Å²) in [5.41, 5.74) is 5.27. The quantitative estimate of drug-likeness (QED) is 0.573. The Kier molecular flexibility index (Phi) is 5.22. The molecule has 1 saturated carbocycles. The maximum Gasteiger partial charge on any atom is 0.184 e. The van der Waals surface area contributed by atoms with E-state index in [9.17, 15) is 9.90 Å². The van der Waals surface area contributed by atoms with Gasteiger partial charge in [-0.3, -0.25) is 9.78 Å². The second kappa shape index (κ2) is 7.81. The normalized spacial score (nSPS) is 25.4. The van der Waals surface area contributed by atoms with Crippen molar-refractivity contribution in [2.75, 3.05) is 0 Å². The highest BCUT2D eigenvalue weighted by Gasteiger charge is 2.45. The molecule has 29 heavy (non-hydrogen) atoms. The van der Waals surface area contributed by atoms with Crippen molar-refractivity contribution in [3.05, 3.63) is 82.2 Å². The van der Waals surface area contributed by atoms with Crippen molar-refractivity contribution in [3.8, 4) is 11.8 Å². The van der Waals surface area contributed by atoms with Gasteiger partial charge in [0, 0.05) is 34.5 Å². The molecule has 4 rings (SSSR count). The Labute approximate surface area is 172 Å². The molecule has 0 saturated heterocycles. The summed E-state index contributed by atoms with van der Waals surface area (Å²) >= 11 is 0. The number of hydrogen-bond acceptors (Lipinski definition) is 3. The summed E-state index contributed by atoms with van der Waals surface area (Å²) in [6, 6.07) is 11.7. The summed E-state index contributed by atoms with van der Waals surface area (Å²) in [5.74, 6) is 6.39. The number of hydrogen-bond donors (Lipinski definition) is 1. The van der Waals surface area contributed by atoms with Crippen molar-refractivity contribution < 1.29 is 9.90 Å². The fraction of sp³-hybridized carbons (Fsp3) is 0.308. The molecule has 1 N–H and O–H groups in total. The summed E-state index contributed by atoms with van der Waals surface area (Å²) < 4.78 is 0. The predicted molar refractivity (Wildman–Crippen MR) is 115 cm³/mol. The van der Waals surface area contributed by atoms with Crippen LogP contribution < -0.4 is 0 Å². The average Bonchev–Trinajstić information content (AvgIpc) is 2.74. The Morgan fingerprint density at radius 3 is 2.45 bits per heavy atom. The highest BCUT2D eigenvalue weighted by molar-refractivity contribution is 6.12. The number of aliphatic hydroxyl groups excluding tert-OH is 1. The molecule has 1 aromatic heterocycles. The molecule has 2 aromatic rings. The van der Waals surface area contributed by atoms with Crippen LogP contribution in [0.15, 0.2) is 65.5 Å². The first kappa shape index (κ1) is 19.4. The number of pyridine rings is 1. The van der Waals surface area contributed by atoms with Crippen LogP contribution in [0.3, 0.4) is 0 Å². The highest BCUT2D eigenvalue weighted by atomic mass is 16.3. The van der Waals surface area contributed by atoms with Crippen molar-refractivity contribution in [3.63, 3.8) is 0 Å². The van der Waals surface area contributed by atoms with Crippen LogP contribution in [0.25, 0.3) is 6.08 Å². The molecule has 0 unspecified atom stereocenters. The maximum atomic E-state index is 12.9. The average molecular weight is 383 g/mol. The van der Waals surface area contributed by atoms with Crippen LogP contribution in [0.2, 0.25) is 0 Å². The molecule has 2 aliphatic carbocycles. The molecule has 0 spiro atoms. The zero-order valence-electron chi connectivity index (χ0n) is 16.9. The Hall–Kier alpha value is -2.96. The second-order valence-electron chi connectivity index (χ2n) is 8.21. The summed E-state index contributed by atoms with van der Waals surface area (Å²) in [4.78, 5) is 16.9. The van der Waals surface area contributed by atoms with Gasteiger partial charge in [-0.1, -0.05) is 36.5 Å². The Morgan fingerprint density at radius 1 is 1.10 bits per heavy atom. The van der Waals surface area contributed by atoms with Crippen molar-refractivity contribution in [2.45, 2.75) is 45.6 Å². The first-order valence-corrected chi connectivity index (χ1v) is 10.1. The molecule has 2 aliphatic rings. The third-order valence-electron chi connectivity index (χ3n) is 6.25. The number of allylic oxidation sites excluding steroid dienone is 2. The number of nitrogens with zero attached hydrogens (tertiary/aromatic N) is 1. The standard InChI is InChI=1S/C26H25NO2/c1-18-23-4-3-5-24(28)26(23,2)17-22(25(18)29)16-21-10-8-19(9-11-21)6-7-20-12-14-27-15-13-20/h8-16,24,28H,3-5,17H2,1-2H3/b22-16-/t24-,26-/m0/s1. The molecular formula is C26H25NO2. The summed E-state index contributed by atoms with van der Waals surface area (Å²) in [5, 5.41) is 10.6. The van der Waals surface area contributed by atoms with Gasteiger partial charge in [-0.25, -0.2) is 0 Å². The number of fused-ring (bicyclic) bond motifs is 1. The molecular weight excluding hydrogens is 358 g/mol. The fourth-order valence-electron chi connectivity index (χ4n) is 4.53. The number of ketones is 1. The van der Waals surface area contributed by atoms with Crippen LogP contribution in [0.4, 0.5) is 0 Å². The largest absolute Gasteiger partial charge is 0.392 e. The van der Waals surface area contributed by atoms with Crippen LogP contribution in [-0.4, -0.2) is 22.0 Å². The van der Waals surface area contributed by atoms with Gasteiger partial charge in [-0.05, 0) is 74.1 Å². The van der Waals surface area contributed by atoms with Gasteiger partial charge in [0.05, 0.1) is 6.10 Å². The molecule has 1 aromatic carbocycles. The monoisotopic (exact) mass is 383 g/mol. The van der Waals surface area contributed by atoms with E-state index in [1.807, 2.05) is 49.4 Å². The van der Waals surface area contributed by atoms with Gasteiger partial charge in [0.15, 0.2) is 5.78 Å². The maximum absolute atomic E-state index is 12.9. The molecule has 1 fully saturated rings. The van der Waals surface area contributed by atoms with Gasteiger partial charge in [0.25, 0.3) is 0 Å². The van der Waals surface area contributed by atoms with Crippen molar-refractivity contribution in [2.24, 2.45) is 5.41 Å². The first-order valence-electron chi connectivity index (χ1n) is 10.1. The third kappa shape index (κ3) is 3.81. The molecule has 146 valence electrons. The van der Waals surface area contributed by atoms with Crippen LogP contribution in [0, 0.1) is 17.3 Å². The van der Waals surface area contributed by atoms with Crippen LogP contribution in [0.5, 0.6) is 0 Å². The molecule has 1 heterocycles. The van der Waals surface area contributed by atoms with Gasteiger partial charge in [-0.2, -0.15) is 0 Å². The van der Waals surface area contributed by atoms with E-state index in [4.69, 9.17) is 0 Å². The number of carbonyl (C=O) groups is 1. The molecule has 3 nitrogen and oxygen atoms in total. The van der Waals surface area contributed by atoms with Crippen LogP contribution in [0.1, 0.15) is 56.2 Å². The Bertz CT molecular complexity index is 1050. The molecule has 0 bridgehead atoms. The van der Waals surface area contributed by atoms with E-state index in [1.54, 1.807) is 12.4 Å². The lowest BCUT2D eigenvalue weighted by atomic mass is 9.61. The van der Waals surface area contributed by atoms with E-state index in [-0.39, 0.29) is 17.3 Å². The number of aromatic nitrogens is 1. The molecule has 3 heteroatoms. The minimum absolute atomic E-state index is 0.119. The Morgan fingerprint density at radius 2 is 1.76 bits per heavy atom. The first-order chi connectivity index (χ1) is 14.0. The van der Waals surface area contributed by atoms with Crippen molar-refractivity contribution in [1.29, 1.82) is 0 Å². The lowest BCUT2D eigenvalue weighted by molar-refractivity contribution is -0.113. The van der Waals surface area contributed by atoms with Gasteiger partial charge < -0.3 is 5.11 Å². The lowest BCUT2D eigenvalue weighted by Crippen LogP contribution is -2.42. The Balaban J connectivity index is 1.59. The highest BCUT2D eigenvalue weighted by Crippen LogP contribution is 2.50. The van der Waals surface area contributed by atoms with Gasteiger partial charge in [-0.15, -0.1) is 0 Å². The summed E-state index contributed by atoms with van der Waals surface area (Å²) in [6.07, 6.45) is 8.32. The van der Waals surface area contributed by atoms with Crippen molar-refractivity contribution >= 4 is 11.9 Å². The van der Waals surface area contributed by atoms with E-state index >= 15 is 0 Å². The van der Waals surface area contributed by atoms with Crippen LogP contribution in [-0.2, 0) is 4.79 Å². The molecule has 0 aliphatic heterocycles. The molecule has 0 amide bonds. The van der Waals surface area contributed by atoms with Gasteiger partial charge in [0.2, 0.25) is 0 Å². The number of rotatable bonds is 1. The molecule has 0 radical (unpaired) electrons. The smallest absolute Gasteiger partial charge is 0.184 e. The van der Waals surface area contributed by atoms with Gasteiger partial charge in [0.1, 0.15) is 0 Å². The van der Waals surface area contributed by atoms with E-state index in [0.717, 1.165) is 52.7 Å². The minimum Gasteiger partial charge on any atom is -0.392 e. The zero-order valence-corrected chi connectivity index (χ0v) is 16.9. The predicted octanol–water partition coefficient (Wildman–Crippen LogP) is 4.71. The summed E-state index contributed by atoms with van der Waals surface area (Å²) in [7, 11) is 0. The third-order valence-corrected chi connectivity index (χ3v) is 6.25. The van der Waals surface area contributed by atoms with Crippen LogP contribution >= 0.6 is 0 Å². The number of Topliss-reactive ketones (excluding diaryl/α,β-unsaturated/α-hetero) is 1. The lowest BCUT2D eigenvalue weighted by Gasteiger charge is -2.45. The fourth-order valence-corrected chi connectivity index (χ4v) is 4.53. The minimum atomic E-state index is -0.386. The van der Waals surface area contributed by atoms with E-state index in [2.05, 4.69) is 23.7 Å². The zero-order chi connectivity index (χ0) is 20.4. The number of carbonyl (C=O) groups excluding carboxylic acids is 1.